The second kappa shape index (κ2) is 7.44. The average Bonchev–Trinajstić information content (AvgIpc) is 3.24. The van der Waals surface area contributed by atoms with E-state index in [1.807, 2.05) is 42.5 Å². The van der Waals surface area contributed by atoms with E-state index in [4.69, 9.17) is 0 Å². The van der Waals surface area contributed by atoms with E-state index in [1.54, 1.807) is 47.1 Å². The number of benzene rings is 3. The van der Waals surface area contributed by atoms with Crippen LogP contribution in [0.4, 0.5) is 10.1 Å². The lowest BCUT2D eigenvalue weighted by Gasteiger charge is -2.17. The molecule has 0 fully saturated rings. The van der Waals surface area contributed by atoms with E-state index in [1.165, 1.54) is 12.1 Å². The zero-order chi connectivity index (χ0) is 19.5. The maximum absolute atomic E-state index is 13.2. The molecule has 0 bridgehead atoms. The summed E-state index contributed by atoms with van der Waals surface area (Å²) < 4.78 is 14.8. The van der Waals surface area contributed by atoms with Crippen LogP contribution < -0.4 is 4.90 Å². The number of nitrogens with zero attached hydrogens (tertiary/aromatic N) is 4. The van der Waals surface area contributed by atoms with E-state index < -0.39 is 0 Å². The molecular weight excluding hydrogens is 355 g/mol. The van der Waals surface area contributed by atoms with Crippen LogP contribution in [0.1, 0.15) is 10.4 Å². The Morgan fingerprint density at radius 2 is 1.61 bits per heavy atom. The summed E-state index contributed by atoms with van der Waals surface area (Å²) in [5.74, 6) is -0.400. The third-order valence-corrected chi connectivity index (χ3v) is 4.50. The molecule has 3 aromatic carbocycles. The van der Waals surface area contributed by atoms with Gasteiger partial charge in [-0.2, -0.15) is 0 Å². The summed E-state index contributed by atoms with van der Waals surface area (Å²) in [6.07, 6.45) is 1.62. The zero-order valence-electron chi connectivity index (χ0n) is 15.2. The van der Waals surface area contributed by atoms with Crippen LogP contribution in [0.25, 0.3) is 16.9 Å². The van der Waals surface area contributed by atoms with E-state index in [-0.39, 0.29) is 11.7 Å². The van der Waals surface area contributed by atoms with Crippen molar-refractivity contribution >= 4 is 11.6 Å². The fourth-order valence-corrected chi connectivity index (χ4v) is 2.95. The molecule has 1 heterocycles. The highest BCUT2D eigenvalue weighted by molar-refractivity contribution is 6.05. The van der Waals surface area contributed by atoms with Crippen LogP contribution in [-0.2, 0) is 0 Å². The molecule has 4 rings (SSSR count). The quantitative estimate of drug-likeness (QED) is 0.535. The van der Waals surface area contributed by atoms with Crippen LogP contribution >= 0.6 is 0 Å². The molecule has 5 nitrogen and oxygen atoms in total. The first-order chi connectivity index (χ1) is 13.6. The van der Waals surface area contributed by atoms with Gasteiger partial charge in [0.2, 0.25) is 0 Å². The standard InChI is InChI=1S/C22H17FN4O/c1-26(19-5-3-2-4-6-19)22(28)17-9-13-20(14-10-17)27-21(15-24-25-27)16-7-11-18(23)12-8-16/h2-15H,1H3. The minimum absolute atomic E-state index is 0.102. The molecule has 0 radical (unpaired) electrons. The summed E-state index contributed by atoms with van der Waals surface area (Å²) in [7, 11) is 1.75. The van der Waals surface area contributed by atoms with Crippen LogP contribution in [0.2, 0.25) is 0 Å². The van der Waals surface area contributed by atoms with Crippen molar-refractivity contribution in [3.63, 3.8) is 0 Å². The summed E-state index contributed by atoms with van der Waals surface area (Å²) >= 11 is 0. The molecule has 4 aromatic rings. The van der Waals surface area contributed by atoms with Gasteiger partial charge in [-0.3, -0.25) is 4.79 Å². The number of aromatic nitrogens is 3. The predicted molar refractivity (Wildman–Crippen MR) is 106 cm³/mol. The van der Waals surface area contributed by atoms with Crippen LogP contribution in [0, 0.1) is 5.82 Å². The minimum atomic E-state index is -0.298. The molecule has 1 aromatic heterocycles. The number of para-hydroxylation sites is 1. The third kappa shape index (κ3) is 3.40. The average molecular weight is 372 g/mol. The predicted octanol–water partition coefficient (Wildman–Crippen LogP) is 4.35. The number of rotatable bonds is 4. The van der Waals surface area contributed by atoms with Gasteiger partial charge >= 0.3 is 0 Å². The maximum atomic E-state index is 13.2. The smallest absolute Gasteiger partial charge is 0.258 e. The molecule has 0 aliphatic carbocycles. The van der Waals surface area contributed by atoms with Crippen molar-refractivity contribution < 1.29 is 9.18 Å². The SMILES string of the molecule is CN(C(=O)c1ccc(-n2nncc2-c2ccc(F)cc2)cc1)c1ccccc1. The van der Waals surface area contributed by atoms with E-state index in [9.17, 15) is 9.18 Å². The second-order valence-electron chi connectivity index (χ2n) is 6.28. The molecule has 0 aliphatic heterocycles. The van der Waals surface area contributed by atoms with E-state index >= 15 is 0 Å². The molecule has 138 valence electrons. The van der Waals surface area contributed by atoms with Gasteiger partial charge < -0.3 is 4.90 Å². The Balaban J connectivity index is 1.60. The van der Waals surface area contributed by atoms with Crippen molar-refractivity contribution in [2.45, 2.75) is 0 Å². The van der Waals surface area contributed by atoms with Crippen molar-refractivity contribution in [3.05, 3.63) is 96.4 Å². The first kappa shape index (κ1) is 17.6. The van der Waals surface area contributed by atoms with E-state index in [0.29, 0.717) is 5.56 Å². The maximum Gasteiger partial charge on any atom is 0.258 e. The van der Waals surface area contributed by atoms with Gasteiger partial charge in [0.25, 0.3) is 5.91 Å². The summed E-state index contributed by atoms with van der Waals surface area (Å²) in [5.41, 5.74) is 3.69. The summed E-state index contributed by atoms with van der Waals surface area (Å²) in [4.78, 5) is 14.3. The molecule has 0 saturated heterocycles. The first-order valence-electron chi connectivity index (χ1n) is 8.74. The number of carbonyl (C=O) groups is 1. The molecule has 1 amide bonds. The normalized spacial score (nSPS) is 10.6. The molecule has 28 heavy (non-hydrogen) atoms. The Morgan fingerprint density at radius 1 is 0.929 bits per heavy atom. The van der Waals surface area contributed by atoms with Crippen molar-refractivity contribution in [1.29, 1.82) is 0 Å². The van der Waals surface area contributed by atoms with E-state index in [0.717, 1.165) is 22.6 Å². The number of anilines is 1. The van der Waals surface area contributed by atoms with E-state index in [2.05, 4.69) is 10.3 Å². The zero-order valence-corrected chi connectivity index (χ0v) is 15.2. The third-order valence-electron chi connectivity index (χ3n) is 4.50. The Bertz CT molecular complexity index is 1090. The lowest BCUT2D eigenvalue weighted by atomic mass is 10.1. The Labute approximate surface area is 161 Å². The summed E-state index contributed by atoms with van der Waals surface area (Å²) in [5, 5.41) is 8.09. The fraction of sp³-hybridized carbons (Fsp3) is 0.0455. The number of hydrogen-bond donors (Lipinski definition) is 0. The lowest BCUT2D eigenvalue weighted by molar-refractivity contribution is 0.0993. The highest BCUT2D eigenvalue weighted by Gasteiger charge is 2.14. The molecule has 0 unspecified atom stereocenters. The Kier molecular flexibility index (Phi) is 4.68. The molecule has 0 atom stereocenters. The number of carbonyl (C=O) groups excluding carboxylic acids is 1. The highest BCUT2D eigenvalue weighted by Crippen LogP contribution is 2.22. The van der Waals surface area contributed by atoms with Crippen LogP contribution in [0.15, 0.2) is 85.1 Å². The fourth-order valence-electron chi connectivity index (χ4n) is 2.95. The van der Waals surface area contributed by atoms with Crippen molar-refractivity contribution in [3.8, 4) is 16.9 Å². The van der Waals surface area contributed by atoms with Crippen molar-refractivity contribution in [1.82, 2.24) is 15.0 Å². The highest BCUT2D eigenvalue weighted by atomic mass is 19.1. The minimum Gasteiger partial charge on any atom is -0.311 e. The molecule has 0 saturated carbocycles. The number of halogens is 1. The van der Waals surface area contributed by atoms with Gasteiger partial charge in [-0.1, -0.05) is 23.4 Å². The molecule has 0 spiro atoms. The Morgan fingerprint density at radius 3 is 2.29 bits per heavy atom. The van der Waals surface area contributed by atoms with Gasteiger partial charge in [-0.25, -0.2) is 9.07 Å². The molecule has 6 heteroatoms. The van der Waals surface area contributed by atoms with Gasteiger partial charge in [0.1, 0.15) is 5.82 Å². The molecule has 0 aliphatic rings. The summed E-state index contributed by atoms with van der Waals surface area (Å²) in [6.45, 7) is 0. The first-order valence-corrected chi connectivity index (χ1v) is 8.74. The Hall–Kier alpha value is -3.80. The lowest BCUT2D eigenvalue weighted by Crippen LogP contribution is -2.26. The number of amides is 1. The molecular formula is C22H17FN4O. The van der Waals surface area contributed by atoms with Crippen LogP contribution in [-0.4, -0.2) is 27.9 Å². The number of hydrogen-bond acceptors (Lipinski definition) is 3. The van der Waals surface area contributed by atoms with Crippen molar-refractivity contribution in [2.24, 2.45) is 0 Å². The molecule has 0 N–H and O–H groups in total. The van der Waals surface area contributed by atoms with Gasteiger partial charge in [0.05, 0.1) is 17.6 Å². The van der Waals surface area contributed by atoms with Gasteiger partial charge in [0.15, 0.2) is 0 Å². The largest absolute Gasteiger partial charge is 0.311 e. The summed E-state index contributed by atoms with van der Waals surface area (Å²) in [6, 6.07) is 22.8. The van der Waals surface area contributed by atoms with Gasteiger partial charge in [-0.05, 0) is 60.7 Å². The second-order valence-corrected chi connectivity index (χ2v) is 6.28. The van der Waals surface area contributed by atoms with Gasteiger partial charge in [0, 0.05) is 23.9 Å². The van der Waals surface area contributed by atoms with Crippen LogP contribution in [0.5, 0.6) is 0 Å². The van der Waals surface area contributed by atoms with Crippen LogP contribution in [0.3, 0.4) is 0 Å². The van der Waals surface area contributed by atoms with Gasteiger partial charge in [-0.15, -0.1) is 5.10 Å². The monoisotopic (exact) mass is 372 g/mol. The van der Waals surface area contributed by atoms with Crippen molar-refractivity contribution in [2.75, 3.05) is 11.9 Å². The topological polar surface area (TPSA) is 51.0 Å².